The molecule has 6 rings (SSSR count). The fourth-order valence-electron chi connectivity index (χ4n) is 5.06. The quantitative estimate of drug-likeness (QED) is 0.333. The van der Waals surface area contributed by atoms with Gasteiger partial charge in [0.05, 0.1) is 0 Å². The van der Waals surface area contributed by atoms with Gasteiger partial charge in [0.15, 0.2) is 0 Å². The molecule has 0 spiro atoms. The molecule has 0 saturated carbocycles. The summed E-state index contributed by atoms with van der Waals surface area (Å²) in [6.45, 7) is 4.37. The number of hydrogen-bond donors (Lipinski definition) is 0. The monoisotopic (exact) mass is 412 g/mol. The molecule has 0 saturated heterocycles. The number of rotatable bonds is 3. The van der Waals surface area contributed by atoms with Crippen molar-refractivity contribution >= 4 is 16.9 Å². The second-order valence-corrected chi connectivity index (χ2v) is 8.92. The Labute approximate surface area is 189 Å². The second kappa shape index (κ2) is 7.10. The van der Waals surface area contributed by atoms with Crippen LogP contribution in [0.15, 0.2) is 115 Å². The van der Waals surface area contributed by atoms with Crippen molar-refractivity contribution in [3.05, 3.63) is 137 Å². The van der Waals surface area contributed by atoms with Gasteiger partial charge in [-0.05, 0) is 47.2 Å². The summed E-state index contributed by atoms with van der Waals surface area (Å²) in [5.74, 6) is 0.981. The molecule has 0 radical (unpaired) electrons. The van der Waals surface area contributed by atoms with Crippen LogP contribution in [0.2, 0.25) is 0 Å². The Morgan fingerprint density at radius 1 is 0.469 bits per heavy atom. The first kappa shape index (κ1) is 18.9. The maximum Gasteiger partial charge on any atom is 0.136 e. The third kappa shape index (κ3) is 2.85. The zero-order valence-electron chi connectivity index (χ0n) is 18.3. The highest BCUT2D eigenvalue weighted by Crippen LogP contribution is 2.57. The summed E-state index contributed by atoms with van der Waals surface area (Å²) in [6.07, 6.45) is 0. The van der Waals surface area contributed by atoms with Gasteiger partial charge in [-0.25, -0.2) is 0 Å². The molecule has 1 aliphatic heterocycles. The summed E-state index contributed by atoms with van der Waals surface area (Å²) in [5.41, 5.74) is 10.8. The van der Waals surface area contributed by atoms with Crippen molar-refractivity contribution in [2.75, 3.05) is 0 Å². The first-order chi connectivity index (χ1) is 15.6. The molecule has 2 aliphatic rings. The van der Waals surface area contributed by atoms with Crippen molar-refractivity contribution in [2.24, 2.45) is 0 Å². The fourth-order valence-corrected chi connectivity index (χ4v) is 5.06. The summed E-state index contributed by atoms with van der Waals surface area (Å²) < 4.78 is 6.63. The molecule has 32 heavy (non-hydrogen) atoms. The standard InChI is InChI=1S/C31H24O/c1-31(2)29-27(23-19-17-22(18-20-23)21-11-5-3-6-12-21)25-15-9-10-16-26(25)28(29)30(32-31)24-13-7-4-8-14-24/h3-20H,1-2H3. The molecule has 0 amide bonds. The molecule has 0 aromatic heterocycles. The first-order valence-electron chi connectivity index (χ1n) is 11.1. The molecule has 1 nitrogen and oxygen atoms in total. The maximum atomic E-state index is 6.63. The van der Waals surface area contributed by atoms with Gasteiger partial charge in [0.2, 0.25) is 0 Å². The van der Waals surface area contributed by atoms with Crippen molar-refractivity contribution in [3.8, 4) is 11.1 Å². The predicted molar refractivity (Wildman–Crippen MR) is 133 cm³/mol. The van der Waals surface area contributed by atoms with E-state index in [-0.39, 0.29) is 0 Å². The number of hydrogen-bond acceptors (Lipinski definition) is 1. The smallest absolute Gasteiger partial charge is 0.136 e. The molecular formula is C31H24O. The lowest BCUT2D eigenvalue weighted by atomic mass is 9.88. The SMILES string of the molecule is CC1(C)OC(c2ccccc2)=C2C1=C(c1ccc(-c3ccccc3)cc1)c1ccccc12. The third-order valence-electron chi connectivity index (χ3n) is 6.47. The molecule has 0 unspecified atom stereocenters. The minimum Gasteiger partial charge on any atom is -0.482 e. The van der Waals surface area contributed by atoms with Crippen molar-refractivity contribution in [1.82, 2.24) is 0 Å². The summed E-state index contributed by atoms with van der Waals surface area (Å²) in [7, 11) is 0. The second-order valence-electron chi connectivity index (χ2n) is 8.92. The van der Waals surface area contributed by atoms with E-state index in [1.165, 1.54) is 44.5 Å². The van der Waals surface area contributed by atoms with E-state index in [4.69, 9.17) is 4.74 Å². The molecule has 0 N–H and O–H groups in total. The molecular weight excluding hydrogens is 388 g/mol. The number of ether oxygens (including phenoxy) is 1. The highest BCUT2D eigenvalue weighted by atomic mass is 16.5. The van der Waals surface area contributed by atoms with Crippen molar-refractivity contribution in [3.63, 3.8) is 0 Å². The van der Waals surface area contributed by atoms with Crippen molar-refractivity contribution < 1.29 is 4.74 Å². The third-order valence-corrected chi connectivity index (χ3v) is 6.47. The van der Waals surface area contributed by atoms with E-state index in [1.54, 1.807) is 0 Å². The average molecular weight is 413 g/mol. The van der Waals surface area contributed by atoms with Gasteiger partial charge >= 0.3 is 0 Å². The van der Waals surface area contributed by atoms with Crippen LogP contribution < -0.4 is 0 Å². The van der Waals surface area contributed by atoms with Crippen LogP contribution >= 0.6 is 0 Å². The molecule has 4 aromatic carbocycles. The van der Waals surface area contributed by atoms with E-state index in [2.05, 4.69) is 117 Å². The lowest BCUT2D eigenvalue weighted by molar-refractivity contribution is 0.133. The van der Waals surface area contributed by atoms with E-state index < -0.39 is 5.60 Å². The van der Waals surface area contributed by atoms with Crippen LogP contribution in [0.4, 0.5) is 0 Å². The van der Waals surface area contributed by atoms with Gasteiger partial charge in [0.1, 0.15) is 11.4 Å². The van der Waals surface area contributed by atoms with Gasteiger partial charge in [-0.1, -0.05) is 109 Å². The highest BCUT2D eigenvalue weighted by Gasteiger charge is 2.45. The van der Waals surface area contributed by atoms with Crippen molar-refractivity contribution in [1.29, 1.82) is 0 Å². The summed E-state index contributed by atoms with van der Waals surface area (Å²) in [4.78, 5) is 0. The molecule has 0 atom stereocenters. The Morgan fingerprint density at radius 3 is 1.56 bits per heavy atom. The highest BCUT2D eigenvalue weighted by molar-refractivity contribution is 6.14. The van der Waals surface area contributed by atoms with E-state index in [1.807, 2.05) is 6.07 Å². The van der Waals surface area contributed by atoms with E-state index in [0.29, 0.717) is 0 Å². The maximum absolute atomic E-state index is 6.63. The Bertz CT molecular complexity index is 1370. The van der Waals surface area contributed by atoms with Gasteiger partial charge in [-0.2, -0.15) is 0 Å². The summed E-state index contributed by atoms with van der Waals surface area (Å²) in [5, 5.41) is 0. The molecule has 1 heteroatoms. The number of benzene rings is 4. The van der Waals surface area contributed by atoms with Crippen LogP contribution in [-0.2, 0) is 4.74 Å². The van der Waals surface area contributed by atoms with E-state index in [9.17, 15) is 0 Å². The van der Waals surface area contributed by atoms with Crippen LogP contribution in [0, 0.1) is 0 Å². The van der Waals surface area contributed by atoms with Crippen LogP contribution in [0.3, 0.4) is 0 Å². The topological polar surface area (TPSA) is 9.23 Å². The molecule has 4 aromatic rings. The van der Waals surface area contributed by atoms with Crippen LogP contribution in [-0.4, -0.2) is 5.60 Å². The molecule has 1 heterocycles. The zero-order chi connectivity index (χ0) is 21.7. The van der Waals surface area contributed by atoms with Crippen LogP contribution in [0.1, 0.15) is 36.1 Å². The predicted octanol–water partition coefficient (Wildman–Crippen LogP) is 7.85. The fraction of sp³-hybridized carbons (Fsp3) is 0.0968. The van der Waals surface area contributed by atoms with Gasteiger partial charge in [0, 0.05) is 16.7 Å². The van der Waals surface area contributed by atoms with Gasteiger partial charge in [-0.15, -0.1) is 0 Å². The summed E-state index contributed by atoms with van der Waals surface area (Å²) >= 11 is 0. The Morgan fingerprint density at radius 2 is 0.938 bits per heavy atom. The Balaban J connectivity index is 1.57. The van der Waals surface area contributed by atoms with Crippen LogP contribution in [0.5, 0.6) is 0 Å². The lowest BCUT2D eigenvalue weighted by Gasteiger charge is -2.24. The lowest BCUT2D eigenvalue weighted by Crippen LogP contribution is -2.21. The van der Waals surface area contributed by atoms with Gasteiger partial charge in [-0.3, -0.25) is 0 Å². The minimum atomic E-state index is -0.410. The van der Waals surface area contributed by atoms with Crippen molar-refractivity contribution in [2.45, 2.75) is 19.4 Å². The minimum absolute atomic E-state index is 0.410. The Kier molecular flexibility index (Phi) is 4.19. The summed E-state index contributed by atoms with van der Waals surface area (Å²) in [6, 6.07) is 38.7. The van der Waals surface area contributed by atoms with Crippen LogP contribution in [0.25, 0.3) is 28.0 Å². The molecule has 0 bridgehead atoms. The first-order valence-corrected chi connectivity index (χ1v) is 11.1. The van der Waals surface area contributed by atoms with Gasteiger partial charge in [0.25, 0.3) is 0 Å². The molecule has 154 valence electrons. The normalized spacial score (nSPS) is 16.1. The zero-order valence-corrected chi connectivity index (χ0v) is 18.3. The number of fused-ring (bicyclic) bond motifs is 3. The van der Waals surface area contributed by atoms with E-state index in [0.717, 1.165) is 11.3 Å². The van der Waals surface area contributed by atoms with Gasteiger partial charge < -0.3 is 4.74 Å². The Hall–Kier alpha value is -3.84. The molecule has 1 aliphatic carbocycles. The average Bonchev–Trinajstić information content (AvgIpc) is 3.33. The van der Waals surface area contributed by atoms with E-state index >= 15 is 0 Å². The molecule has 0 fully saturated rings. The largest absolute Gasteiger partial charge is 0.482 e.